The molecule has 29 heavy (non-hydrogen) atoms. The standard InChI is InChI=1S/C24H26O5/c1-5-29-24(26)23-20(19-14-18(27-3)9-10-22(19)28-4)12-17(13-21(23)25)16-8-6-7-15(2)11-16/h6-11,13-14,20,23H,5,12H2,1-4H3/t20-,23-/m1/s1. The van der Waals surface area contributed by atoms with Crippen molar-refractivity contribution in [3.63, 3.8) is 0 Å². The van der Waals surface area contributed by atoms with Gasteiger partial charge in [-0.05, 0) is 55.7 Å². The summed E-state index contributed by atoms with van der Waals surface area (Å²) in [6.45, 7) is 3.97. The SMILES string of the molecule is CCOC(=O)[C@H]1C(=O)C=C(c2cccc(C)c2)C[C@@H]1c1cc(OC)ccc1OC. The van der Waals surface area contributed by atoms with Crippen LogP contribution < -0.4 is 9.47 Å². The highest BCUT2D eigenvalue weighted by Crippen LogP contribution is 2.44. The van der Waals surface area contributed by atoms with Gasteiger partial charge in [0.25, 0.3) is 0 Å². The third kappa shape index (κ3) is 4.34. The molecule has 5 nitrogen and oxygen atoms in total. The Morgan fingerprint density at radius 2 is 1.90 bits per heavy atom. The van der Waals surface area contributed by atoms with Crippen molar-refractivity contribution in [3.05, 3.63) is 65.2 Å². The molecule has 0 spiro atoms. The van der Waals surface area contributed by atoms with Crippen LogP contribution in [0.4, 0.5) is 0 Å². The molecule has 2 aromatic rings. The number of ketones is 1. The molecule has 1 aliphatic rings. The Balaban J connectivity index is 2.12. The summed E-state index contributed by atoms with van der Waals surface area (Å²) in [7, 11) is 3.16. The summed E-state index contributed by atoms with van der Waals surface area (Å²) in [6, 6.07) is 13.4. The Hall–Kier alpha value is -3.08. The van der Waals surface area contributed by atoms with Crippen molar-refractivity contribution in [1.82, 2.24) is 0 Å². The van der Waals surface area contributed by atoms with Gasteiger partial charge in [0.2, 0.25) is 0 Å². The molecule has 2 aromatic carbocycles. The van der Waals surface area contributed by atoms with Crippen molar-refractivity contribution in [2.24, 2.45) is 5.92 Å². The fourth-order valence-corrected chi connectivity index (χ4v) is 3.85. The van der Waals surface area contributed by atoms with Gasteiger partial charge in [0.15, 0.2) is 5.78 Å². The summed E-state index contributed by atoms with van der Waals surface area (Å²) in [6.07, 6.45) is 2.10. The van der Waals surface area contributed by atoms with Crippen LogP contribution in [0.5, 0.6) is 11.5 Å². The van der Waals surface area contributed by atoms with Crippen LogP contribution in [0.25, 0.3) is 5.57 Å². The Kier molecular flexibility index (Phi) is 6.37. The number of methoxy groups -OCH3 is 2. The minimum absolute atomic E-state index is 0.221. The number of allylic oxidation sites excluding steroid dienone is 2. The highest BCUT2D eigenvalue weighted by molar-refractivity contribution is 6.10. The van der Waals surface area contributed by atoms with Gasteiger partial charge in [-0.15, -0.1) is 0 Å². The number of esters is 1. The van der Waals surface area contributed by atoms with Gasteiger partial charge in [0.1, 0.15) is 17.4 Å². The van der Waals surface area contributed by atoms with Crippen molar-refractivity contribution in [3.8, 4) is 11.5 Å². The van der Waals surface area contributed by atoms with Gasteiger partial charge in [-0.3, -0.25) is 9.59 Å². The average molecular weight is 394 g/mol. The molecule has 0 fully saturated rings. The quantitative estimate of drug-likeness (QED) is 0.539. The highest BCUT2D eigenvalue weighted by Gasteiger charge is 2.41. The molecule has 152 valence electrons. The van der Waals surface area contributed by atoms with E-state index in [0.29, 0.717) is 17.9 Å². The van der Waals surface area contributed by atoms with Gasteiger partial charge >= 0.3 is 5.97 Å². The van der Waals surface area contributed by atoms with Gasteiger partial charge < -0.3 is 14.2 Å². The molecule has 0 saturated heterocycles. The van der Waals surface area contributed by atoms with Crippen molar-refractivity contribution >= 4 is 17.3 Å². The van der Waals surface area contributed by atoms with Crippen LogP contribution in [-0.2, 0) is 14.3 Å². The van der Waals surface area contributed by atoms with E-state index < -0.39 is 17.8 Å². The monoisotopic (exact) mass is 394 g/mol. The largest absolute Gasteiger partial charge is 0.497 e. The third-order valence-corrected chi connectivity index (χ3v) is 5.23. The van der Waals surface area contributed by atoms with Crippen molar-refractivity contribution in [1.29, 1.82) is 0 Å². The lowest BCUT2D eigenvalue weighted by Crippen LogP contribution is -2.34. The van der Waals surface area contributed by atoms with E-state index in [9.17, 15) is 9.59 Å². The van der Waals surface area contributed by atoms with E-state index in [2.05, 4.69) is 0 Å². The molecule has 0 heterocycles. The Morgan fingerprint density at radius 1 is 1.10 bits per heavy atom. The number of aryl methyl sites for hydroxylation is 1. The summed E-state index contributed by atoms with van der Waals surface area (Å²) in [5.41, 5.74) is 3.75. The van der Waals surface area contributed by atoms with Gasteiger partial charge in [-0.2, -0.15) is 0 Å². The zero-order valence-corrected chi connectivity index (χ0v) is 17.2. The number of hydrogen-bond donors (Lipinski definition) is 0. The predicted octanol–water partition coefficient (Wildman–Crippen LogP) is 4.33. The number of hydrogen-bond acceptors (Lipinski definition) is 5. The van der Waals surface area contributed by atoms with Gasteiger partial charge in [0, 0.05) is 11.5 Å². The minimum Gasteiger partial charge on any atom is -0.497 e. The first kappa shape index (κ1) is 20.6. The predicted molar refractivity (Wildman–Crippen MR) is 111 cm³/mol. The average Bonchev–Trinajstić information content (AvgIpc) is 2.72. The summed E-state index contributed by atoms with van der Waals surface area (Å²) in [4.78, 5) is 25.8. The maximum atomic E-state index is 13.1. The maximum absolute atomic E-state index is 13.1. The van der Waals surface area contributed by atoms with Crippen molar-refractivity contribution in [2.75, 3.05) is 20.8 Å². The first-order valence-corrected chi connectivity index (χ1v) is 9.68. The molecule has 0 amide bonds. The molecule has 2 atom stereocenters. The van der Waals surface area contributed by atoms with Crippen molar-refractivity contribution in [2.45, 2.75) is 26.2 Å². The lowest BCUT2D eigenvalue weighted by atomic mass is 9.73. The second-order valence-corrected chi connectivity index (χ2v) is 7.09. The molecule has 0 unspecified atom stereocenters. The number of carbonyl (C=O) groups excluding carboxylic acids is 2. The zero-order chi connectivity index (χ0) is 21.0. The van der Waals surface area contributed by atoms with Crippen LogP contribution in [-0.4, -0.2) is 32.6 Å². The Morgan fingerprint density at radius 3 is 2.55 bits per heavy atom. The van der Waals surface area contributed by atoms with Gasteiger partial charge in [-0.25, -0.2) is 0 Å². The number of ether oxygens (including phenoxy) is 3. The van der Waals surface area contributed by atoms with Crippen LogP contribution in [0.2, 0.25) is 0 Å². The Labute approximate surface area is 171 Å². The van der Waals surface area contributed by atoms with Crippen molar-refractivity contribution < 1.29 is 23.8 Å². The molecule has 1 aliphatic carbocycles. The topological polar surface area (TPSA) is 61.8 Å². The van der Waals surface area contributed by atoms with E-state index in [0.717, 1.165) is 22.3 Å². The Bertz CT molecular complexity index is 944. The summed E-state index contributed by atoms with van der Waals surface area (Å²) >= 11 is 0. The first-order chi connectivity index (χ1) is 14.0. The number of rotatable bonds is 6. The van der Waals surface area contributed by atoms with Gasteiger partial charge in [0.05, 0.1) is 20.8 Å². The van der Waals surface area contributed by atoms with E-state index in [1.807, 2.05) is 37.3 Å². The number of carbonyl (C=O) groups is 2. The fourth-order valence-electron chi connectivity index (χ4n) is 3.85. The maximum Gasteiger partial charge on any atom is 0.317 e. The smallest absolute Gasteiger partial charge is 0.317 e. The summed E-state index contributed by atoms with van der Waals surface area (Å²) < 4.78 is 16.1. The zero-order valence-electron chi connectivity index (χ0n) is 17.2. The highest BCUT2D eigenvalue weighted by atomic mass is 16.5. The van der Waals surface area contributed by atoms with Crippen LogP contribution in [0.3, 0.4) is 0 Å². The van der Waals surface area contributed by atoms with E-state index >= 15 is 0 Å². The van der Waals surface area contributed by atoms with E-state index in [-0.39, 0.29) is 12.4 Å². The second-order valence-electron chi connectivity index (χ2n) is 7.09. The molecule has 0 radical (unpaired) electrons. The normalized spacial score (nSPS) is 18.8. The first-order valence-electron chi connectivity index (χ1n) is 9.68. The van der Waals surface area contributed by atoms with E-state index in [4.69, 9.17) is 14.2 Å². The molecule has 0 aromatic heterocycles. The molecule has 5 heteroatoms. The molecule has 0 N–H and O–H groups in total. The molecule has 0 saturated carbocycles. The number of benzene rings is 2. The van der Waals surface area contributed by atoms with Crippen LogP contribution in [0, 0.1) is 12.8 Å². The molecular formula is C24H26O5. The van der Waals surface area contributed by atoms with Gasteiger partial charge in [-0.1, -0.05) is 29.8 Å². The second kappa shape index (κ2) is 8.95. The molecule has 3 rings (SSSR count). The molecular weight excluding hydrogens is 368 g/mol. The van der Waals surface area contributed by atoms with Crippen LogP contribution in [0.15, 0.2) is 48.5 Å². The van der Waals surface area contributed by atoms with E-state index in [1.165, 1.54) is 0 Å². The van der Waals surface area contributed by atoms with Crippen LogP contribution >= 0.6 is 0 Å². The minimum atomic E-state index is -0.912. The fraction of sp³-hybridized carbons (Fsp3) is 0.333. The third-order valence-electron chi connectivity index (χ3n) is 5.23. The summed E-state index contributed by atoms with van der Waals surface area (Å²) in [5, 5.41) is 0. The lowest BCUT2D eigenvalue weighted by Gasteiger charge is -2.30. The van der Waals surface area contributed by atoms with E-state index in [1.54, 1.807) is 39.4 Å². The summed E-state index contributed by atoms with van der Waals surface area (Å²) in [5.74, 6) is -0.824. The lowest BCUT2D eigenvalue weighted by molar-refractivity contribution is -0.151. The molecule has 0 aliphatic heterocycles. The molecule has 0 bridgehead atoms. The van der Waals surface area contributed by atoms with Crippen LogP contribution in [0.1, 0.15) is 36.0 Å².